The van der Waals surface area contributed by atoms with Crippen LogP contribution in [0.1, 0.15) is 10.7 Å². The van der Waals surface area contributed by atoms with E-state index >= 15 is 0 Å². The summed E-state index contributed by atoms with van der Waals surface area (Å²) >= 11 is 11.1. The van der Waals surface area contributed by atoms with Crippen molar-refractivity contribution in [3.05, 3.63) is 34.2 Å². The minimum atomic E-state index is -0.878. The minimum absolute atomic E-state index is 0.0640. The summed E-state index contributed by atoms with van der Waals surface area (Å²) in [6.07, 6.45) is 0. The van der Waals surface area contributed by atoms with Crippen molar-refractivity contribution in [2.75, 3.05) is 0 Å². The van der Waals surface area contributed by atoms with Crippen LogP contribution in [-0.4, -0.2) is 9.91 Å². The van der Waals surface area contributed by atoms with Crippen LogP contribution >= 0.6 is 23.2 Å². The molecule has 0 saturated carbocycles. The van der Waals surface area contributed by atoms with Crippen molar-refractivity contribution in [3.8, 4) is 0 Å². The highest BCUT2D eigenvalue weighted by Crippen LogP contribution is 2.28. The van der Waals surface area contributed by atoms with Crippen molar-refractivity contribution in [3.63, 3.8) is 0 Å². The number of nitrogens with zero attached hydrogens (tertiary/aromatic N) is 2. The fraction of sp³-hybridized carbons (Fsp3) is 0.125. The maximum absolute atomic E-state index is 10.5. The number of nitro groups is 1. The fourth-order valence-electron chi connectivity index (χ4n) is 1.14. The van der Waals surface area contributed by atoms with Crippen LogP contribution in [0, 0.1) is 10.1 Å². The van der Waals surface area contributed by atoms with Crippen LogP contribution in [0.15, 0.2) is 22.6 Å². The number of benzene rings is 1. The predicted molar refractivity (Wildman–Crippen MR) is 55.1 cm³/mol. The summed E-state index contributed by atoms with van der Waals surface area (Å²) < 4.78 is 5.14. The van der Waals surface area contributed by atoms with Crippen LogP contribution in [0.5, 0.6) is 0 Å². The number of aromatic nitrogens is 1. The van der Waals surface area contributed by atoms with E-state index < -0.39 is 9.76 Å². The van der Waals surface area contributed by atoms with Crippen LogP contribution in [-0.2, 0) is 0 Å². The van der Waals surface area contributed by atoms with Crippen molar-refractivity contribution in [1.29, 1.82) is 0 Å². The number of hydrogen-bond donors (Lipinski definition) is 0. The first-order chi connectivity index (χ1) is 7.08. The van der Waals surface area contributed by atoms with Gasteiger partial charge in [-0.2, -0.15) is 0 Å². The number of oxazole rings is 1. The van der Waals surface area contributed by atoms with E-state index in [-0.39, 0.29) is 11.6 Å². The van der Waals surface area contributed by atoms with Gasteiger partial charge < -0.3 is 4.42 Å². The topological polar surface area (TPSA) is 69.2 Å². The summed E-state index contributed by atoms with van der Waals surface area (Å²) in [6.45, 7) is 0. The van der Waals surface area contributed by atoms with Crippen molar-refractivity contribution < 1.29 is 9.34 Å². The van der Waals surface area contributed by atoms with E-state index in [4.69, 9.17) is 27.6 Å². The average Bonchev–Trinajstić information content (AvgIpc) is 2.59. The molecule has 78 valence electrons. The molecule has 2 rings (SSSR count). The molecule has 0 bridgehead atoms. The molecule has 0 radical (unpaired) electrons. The van der Waals surface area contributed by atoms with Crippen molar-refractivity contribution in [1.82, 2.24) is 4.98 Å². The first kappa shape index (κ1) is 10.2. The van der Waals surface area contributed by atoms with Gasteiger partial charge >= 0.3 is 0 Å². The Labute approximate surface area is 93.8 Å². The highest BCUT2D eigenvalue weighted by Gasteiger charge is 2.15. The van der Waals surface area contributed by atoms with Crippen LogP contribution in [0.3, 0.4) is 0 Å². The first-order valence-corrected chi connectivity index (χ1v) is 4.78. The van der Waals surface area contributed by atoms with Crippen LogP contribution in [0.25, 0.3) is 11.1 Å². The highest BCUT2D eigenvalue weighted by molar-refractivity contribution is 6.43. The second-order valence-electron chi connectivity index (χ2n) is 2.76. The third-order valence-electron chi connectivity index (χ3n) is 1.79. The van der Waals surface area contributed by atoms with Gasteiger partial charge in [-0.1, -0.05) is 23.2 Å². The molecular formula is C8H4Cl2N2O3. The molecule has 0 fully saturated rings. The third-order valence-corrected chi connectivity index (χ3v) is 2.16. The summed E-state index contributed by atoms with van der Waals surface area (Å²) in [5, 5.41) is 10.5. The molecule has 0 aliphatic carbocycles. The van der Waals surface area contributed by atoms with E-state index in [0.717, 1.165) is 0 Å². The Morgan fingerprint density at radius 2 is 2.20 bits per heavy atom. The molecular weight excluding hydrogens is 243 g/mol. The molecule has 7 heteroatoms. The van der Waals surface area contributed by atoms with E-state index in [0.29, 0.717) is 11.1 Å². The van der Waals surface area contributed by atoms with E-state index in [2.05, 4.69) is 4.98 Å². The summed E-state index contributed by atoms with van der Waals surface area (Å²) in [6, 6.07) is 4.10. The Kier molecular flexibility index (Phi) is 2.50. The molecule has 0 saturated heterocycles. The van der Waals surface area contributed by atoms with Crippen LogP contribution in [0.2, 0.25) is 0 Å². The normalized spacial score (nSPS) is 11.1. The molecule has 1 aromatic heterocycles. The second kappa shape index (κ2) is 3.67. The van der Waals surface area contributed by atoms with Gasteiger partial charge in [-0.3, -0.25) is 10.1 Å². The lowest BCUT2D eigenvalue weighted by Gasteiger charge is -1.89. The van der Waals surface area contributed by atoms with E-state index in [1.54, 1.807) is 0 Å². The number of non-ortho nitro benzene ring substituents is 1. The molecule has 0 unspecified atom stereocenters. The molecule has 0 N–H and O–H groups in total. The van der Waals surface area contributed by atoms with Gasteiger partial charge in [-0.25, -0.2) is 4.98 Å². The minimum Gasteiger partial charge on any atom is -0.437 e. The number of hydrogen-bond acceptors (Lipinski definition) is 4. The van der Waals surface area contributed by atoms with Gasteiger partial charge in [0.25, 0.3) is 5.69 Å². The van der Waals surface area contributed by atoms with Crippen LogP contribution < -0.4 is 0 Å². The van der Waals surface area contributed by atoms with Gasteiger partial charge in [0.2, 0.25) is 5.89 Å². The molecule has 2 aromatic rings. The van der Waals surface area contributed by atoms with Gasteiger partial charge in [0.1, 0.15) is 5.52 Å². The van der Waals surface area contributed by atoms with Gasteiger partial charge in [0.05, 0.1) is 11.0 Å². The first-order valence-electron chi connectivity index (χ1n) is 3.91. The molecule has 0 spiro atoms. The quantitative estimate of drug-likeness (QED) is 0.464. The molecule has 1 heterocycles. The van der Waals surface area contributed by atoms with Crippen molar-refractivity contribution in [2.45, 2.75) is 4.84 Å². The average molecular weight is 247 g/mol. The lowest BCUT2D eigenvalue weighted by molar-refractivity contribution is -0.384. The molecule has 15 heavy (non-hydrogen) atoms. The molecule has 1 aromatic carbocycles. The molecule has 0 amide bonds. The highest BCUT2D eigenvalue weighted by atomic mass is 35.5. The lowest BCUT2D eigenvalue weighted by atomic mass is 10.3. The summed E-state index contributed by atoms with van der Waals surface area (Å²) in [5.41, 5.74) is 0.721. The lowest BCUT2D eigenvalue weighted by Crippen LogP contribution is -1.86. The van der Waals surface area contributed by atoms with Gasteiger partial charge in [-0.05, 0) is 6.07 Å². The smallest absolute Gasteiger partial charge is 0.273 e. The van der Waals surface area contributed by atoms with Gasteiger partial charge in [-0.15, -0.1) is 0 Å². The molecule has 0 atom stereocenters. The zero-order valence-corrected chi connectivity index (χ0v) is 8.70. The Balaban J connectivity index is 2.57. The van der Waals surface area contributed by atoms with Gasteiger partial charge in [0.15, 0.2) is 10.4 Å². The standard InChI is InChI=1S/C8H4Cl2N2O3/c9-7(10)8-11-5-2-1-4(12(13)14)3-6(5)15-8/h1-3,7H. The van der Waals surface area contributed by atoms with Crippen molar-refractivity contribution >= 4 is 40.0 Å². The Hall–Kier alpha value is -1.33. The molecule has 0 aliphatic rings. The number of nitro benzene ring substituents is 1. The zero-order chi connectivity index (χ0) is 11.0. The number of halogens is 2. The number of fused-ring (bicyclic) bond motifs is 1. The third kappa shape index (κ3) is 1.88. The second-order valence-corrected chi connectivity index (χ2v) is 3.86. The zero-order valence-electron chi connectivity index (χ0n) is 7.18. The van der Waals surface area contributed by atoms with Gasteiger partial charge in [0, 0.05) is 6.07 Å². The maximum atomic E-state index is 10.5. The maximum Gasteiger partial charge on any atom is 0.273 e. The Morgan fingerprint density at radius 1 is 1.47 bits per heavy atom. The largest absolute Gasteiger partial charge is 0.437 e. The Morgan fingerprint density at radius 3 is 2.80 bits per heavy atom. The van der Waals surface area contributed by atoms with E-state index in [1.807, 2.05) is 0 Å². The van der Waals surface area contributed by atoms with Crippen molar-refractivity contribution in [2.24, 2.45) is 0 Å². The van der Waals surface area contributed by atoms with E-state index in [9.17, 15) is 10.1 Å². The monoisotopic (exact) mass is 246 g/mol. The molecule has 0 aliphatic heterocycles. The van der Waals surface area contributed by atoms with E-state index in [1.165, 1.54) is 18.2 Å². The number of rotatable bonds is 2. The summed E-state index contributed by atoms with van der Waals surface area (Å²) in [7, 11) is 0. The fourth-order valence-corrected chi connectivity index (χ4v) is 1.32. The summed E-state index contributed by atoms with van der Waals surface area (Å²) in [4.78, 5) is 13.0. The predicted octanol–water partition coefficient (Wildman–Crippen LogP) is 3.21. The molecule has 5 nitrogen and oxygen atoms in total. The Bertz CT molecular complexity index is 524. The van der Waals surface area contributed by atoms with Crippen LogP contribution in [0.4, 0.5) is 5.69 Å². The summed E-state index contributed by atoms with van der Waals surface area (Å²) in [5.74, 6) is 0.133. The number of alkyl halides is 2. The SMILES string of the molecule is O=[N+]([O-])c1ccc2nc(C(Cl)Cl)oc2c1.